The molecule has 2 amide bonds. The van der Waals surface area contributed by atoms with Crippen molar-refractivity contribution < 1.29 is 9.59 Å². The molecular weight excluding hydrogens is 370 g/mol. The van der Waals surface area contributed by atoms with E-state index < -0.39 is 5.91 Å². The Morgan fingerprint density at radius 1 is 1.31 bits per heavy atom. The summed E-state index contributed by atoms with van der Waals surface area (Å²) in [7, 11) is 0. The van der Waals surface area contributed by atoms with Gasteiger partial charge in [0.15, 0.2) is 0 Å². The van der Waals surface area contributed by atoms with Gasteiger partial charge in [0.25, 0.3) is 5.91 Å². The maximum Gasteiger partial charge on any atom is 0.251 e. The highest BCUT2D eigenvalue weighted by Gasteiger charge is 2.24. The molecule has 1 atom stereocenters. The third kappa shape index (κ3) is 4.26. The van der Waals surface area contributed by atoms with Gasteiger partial charge in [-0.15, -0.1) is 11.3 Å². The molecule has 1 aliphatic carbocycles. The van der Waals surface area contributed by atoms with Crippen molar-refractivity contribution in [1.29, 1.82) is 0 Å². The first kappa shape index (κ1) is 18.9. The zero-order valence-electron chi connectivity index (χ0n) is 14.6. The molecule has 1 aromatic carbocycles. The molecule has 0 bridgehead atoms. The van der Waals surface area contributed by atoms with E-state index >= 15 is 0 Å². The number of thiophene rings is 1. The number of carbonyl (C=O) groups is 2. The van der Waals surface area contributed by atoms with E-state index in [1.54, 1.807) is 0 Å². The molecule has 0 radical (unpaired) electrons. The normalized spacial score (nSPS) is 14.5. The second-order valence-corrected chi connectivity index (χ2v) is 8.03. The Morgan fingerprint density at radius 3 is 2.81 bits per heavy atom. The minimum atomic E-state index is -0.472. The molecule has 3 rings (SSSR count). The number of aryl methyl sites for hydroxylation is 1. The highest BCUT2D eigenvalue weighted by Crippen LogP contribution is 2.37. The fourth-order valence-corrected chi connectivity index (χ4v) is 4.73. The van der Waals surface area contributed by atoms with Crippen molar-refractivity contribution in [2.75, 3.05) is 11.9 Å². The summed E-state index contributed by atoms with van der Waals surface area (Å²) in [6.45, 7) is 2.10. The Morgan fingerprint density at radius 2 is 2.08 bits per heavy atom. The minimum absolute atomic E-state index is 0.0217. The van der Waals surface area contributed by atoms with Gasteiger partial charge in [-0.25, -0.2) is 0 Å². The number of halogens is 1. The second kappa shape index (κ2) is 8.20. The van der Waals surface area contributed by atoms with Crippen molar-refractivity contribution >= 4 is 39.8 Å². The molecule has 0 aliphatic heterocycles. The maximum atomic E-state index is 12.4. The molecule has 7 heteroatoms. The predicted molar refractivity (Wildman–Crippen MR) is 106 cm³/mol. The lowest BCUT2D eigenvalue weighted by molar-refractivity contribution is -0.115. The van der Waals surface area contributed by atoms with Gasteiger partial charge in [0, 0.05) is 15.9 Å². The molecule has 0 unspecified atom stereocenters. The number of hydrogen-bond acceptors (Lipinski definition) is 4. The standard InChI is InChI=1S/C19H22ClN3O2S/c1-11(12-5-4-6-13(20)9-12)22-10-16(24)23-19-17(18(21)25)14-7-2-3-8-15(14)26-19/h4-6,9,11,22H,2-3,7-8,10H2,1H3,(H2,21,25)(H,23,24)/t11-/m0/s1. The van der Waals surface area contributed by atoms with Crippen molar-refractivity contribution in [1.82, 2.24) is 5.32 Å². The van der Waals surface area contributed by atoms with Crippen LogP contribution in [0.3, 0.4) is 0 Å². The zero-order chi connectivity index (χ0) is 18.7. The van der Waals surface area contributed by atoms with E-state index in [1.807, 2.05) is 31.2 Å². The molecule has 26 heavy (non-hydrogen) atoms. The third-order valence-electron chi connectivity index (χ3n) is 4.59. The van der Waals surface area contributed by atoms with Gasteiger partial charge in [0.2, 0.25) is 5.91 Å². The lowest BCUT2D eigenvalue weighted by Crippen LogP contribution is -2.30. The first-order chi connectivity index (χ1) is 12.5. The molecule has 4 N–H and O–H groups in total. The first-order valence-electron chi connectivity index (χ1n) is 8.68. The van der Waals surface area contributed by atoms with Crippen LogP contribution in [0.15, 0.2) is 24.3 Å². The highest BCUT2D eigenvalue weighted by molar-refractivity contribution is 7.17. The quantitative estimate of drug-likeness (QED) is 0.702. The third-order valence-corrected chi connectivity index (χ3v) is 6.03. The van der Waals surface area contributed by atoms with Crippen LogP contribution in [-0.4, -0.2) is 18.4 Å². The number of anilines is 1. The summed E-state index contributed by atoms with van der Waals surface area (Å²) in [6.07, 6.45) is 3.96. The van der Waals surface area contributed by atoms with Crippen molar-refractivity contribution in [2.45, 2.75) is 38.6 Å². The van der Waals surface area contributed by atoms with Crippen molar-refractivity contribution in [3.8, 4) is 0 Å². The Balaban J connectivity index is 1.65. The number of hydrogen-bond donors (Lipinski definition) is 3. The van der Waals surface area contributed by atoms with E-state index in [2.05, 4.69) is 10.6 Å². The summed E-state index contributed by atoms with van der Waals surface area (Å²) >= 11 is 7.48. The molecule has 1 heterocycles. The van der Waals surface area contributed by atoms with Crippen molar-refractivity contribution in [2.24, 2.45) is 5.73 Å². The predicted octanol–water partition coefficient (Wildman–Crippen LogP) is 3.67. The first-order valence-corrected chi connectivity index (χ1v) is 9.88. The summed E-state index contributed by atoms with van der Waals surface area (Å²) in [6, 6.07) is 7.50. The SMILES string of the molecule is C[C@H](NCC(=O)Nc1sc2c(c1C(N)=O)CCCC2)c1cccc(Cl)c1. The smallest absolute Gasteiger partial charge is 0.251 e. The molecule has 5 nitrogen and oxygen atoms in total. The van der Waals surface area contributed by atoms with Gasteiger partial charge in [0.05, 0.1) is 12.1 Å². The van der Waals surface area contributed by atoms with Gasteiger partial charge in [-0.1, -0.05) is 23.7 Å². The molecule has 0 saturated carbocycles. The average molecular weight is 392 g/mol. The number of rotatable bonds is 6. The summed E-state index contributed by atoms with van der Waals surface area (Å²) in [5.74, 6) is -0.667. The largest absolute Gasteiger partial charge is 0.365 e. The number of benzene rings is 1. The lowest BCUT2D eigenvalue weighted by Gasteiger charge is -2.14. The Labute approximate surface area is 161 Å². The van der Waals surface area contributed by atoms with Crippen molar-refractivity contribution in [3.05, 3.63) is 50.9 Å². The van der Waals surface area contributed by atoms with Crippen LogP contribution < -0.4 is 16.4 Å². The Kier molecular flexibility index (Phi) is 5.96. The summed E-state index contributed by atoms with van der Waals surface area (Å²) < 4.78 is 0. The number of amides is 2. The number of nitrogens with one attached hydrogen (secondary N) is 2. The summed E-state index contributed by atoms with van der Waals surface area (Å²) in [5, 5.41) is 7.27. The highest BCUT2D eigenvalue weighted by atomic mass is 35.5. The van der Waals surface area contributed by atoms with Crippen LogP contribution in [0, 0.1) is 0 Å². The molecule has 1 aromatic heterocycles. The molecule has 0 saturated heterocycles. The van der Waals surface area contributed by atoms with Crippen molar-refractivity contribution in [3.63, 3.8) is 0 Å². The van der Waals surface area contributed by atoms with E-state index in [0.29, 0.717) is 15.6 Å². The van der Waals surface area contributed by atoms with E-state index in [4.69, 9.17) is 17.3 Å². The van der Waals surface area contributed by atoms with E-state index in [-0.39, 0.29) is 18.5 Å². The van der Waals surface area contributed by atoms with E-state index in [1.165, 1.54) is 16.2 Å². The molecule has 0 spiro atoms. The van der Waals surface area contributed by atoms with Crippen LogP contribution in [0.1, 0.15) is 52.2 Å². The van der Waals surface area contributed by atoms with E-state index in [0.717, 1.165) is 36.8 Å². The fourth-order valence-electron chi connectivity index (χ4n) is 3.22. The van der Waals surface area contributed by atoms with Gasteiger partial charge in [-0.05, 0) is 55.9 Å². The van der Waals surface area contributed by atoms with Crippen LogP contribution in [0.25, 0.3) is 0 Å². The van der Waals surface area contributed by atoms with E-state index in [9.17, 15) is 9.59 Å². The Hall–Kier alpha value is -1.89. The topological polar surface area (TPSA) is 84.2 Å². The summed E-state index contributed by atoms with van der Waals surface area (Å²) in [5.41, 5.74) is 8.07. The zero-order valence-corrected chi connectivity index (χ0v) is 16.2. The van der Waals surface area contributed by atoms with Crippen LogP contribution in [0.5, 0.6) is 0 Å². The molecule has 138 valence electrons. The minimum Gasteiger partial charge on any atom is -0.365 e. The van der Waals surface area contributed by atoms with Gasteiger partial charge >= 0.3 is 0 Å². The van der Waals surface area contributed by atoms with Crippen LogP contribution in [0.2, 0.25) is 5.02 Å². The van der Waals surface area contributed by atoms with Gasteiger partial charge in [0.1, 0.15) is 5.00 Å². The number of primary amides is 1. The number of nitrogens with two attached hydrogens (primary N) is 1. The molecule has 0 fully saturated rings. The molecule has 1 aliphatic rings. The number of carbonyl (C=O) groups excluding carboxylic acids is 2. The lowest BCUT2D eigenvalue weighted by atomic mass is 9.95. The van der Waals surface area contributed by atoms with Gasteiger partial charge in [-0.3, -0.25) is 9.59 Å². The summed E-state index contributed by atoms with van der Waals surface area (Å²) in [4.78, 5) is 25.4. The van der Waals surface area contributed by atoms with Gasteiger partial charge < -0.3 is 16.4 Å². The second-order valence-electron chi connectivity index (χ2n) is 6.49. The van der Waals surface area contributed by atoms with Crippen LogP contribution in [-0.2, 0) is 17.6 Å². The maximum absolute atomic E-state index is 12.4. The molecular formula is C19H22ClN3O2S. The average Bonchev–Trinajstić information content (AvgIpc) is 2.97. The fraction of sp³-hybridized carbons (Fsp3) is 0.368. The van der Waals surface area contributed by atoms with Gasteiger partial charge in [-0.2, -0.15) is 0 Å². The monoisotopic (exact) mass is 391 g/mol. The van der Waals surface area contributed by atoms with Crippen LogP contribution in [0.4, 0.5) is 5.00 Å². The number of fused-ring (bicyclic) bond motifs is 1. The Bertz CT molecular complexity index is 834. The molecule has 2 aromatic rings. The van der Waals surface area contributed by atoms with Crippen LogP contribution >= 0.6 is 22.9 Å².